The number of nitrogens with zero attached hydrogens (tertiary/aromatic N) is 5. The summed E-state index contributed by atoms with van der Waals surface area (Å²) in [6.45, 7) is 6.32. The second-order valence-electron chi connectivity index (χ2n) is 9.66. The highest BCUT2D eigenvalue weighted by atomic mass is 19.4. The highest BCUT2D eigenvalue weighted by molar-refractivity contribution is 5.36. The Morgan fingerprint density at radius 2 is 1.81 bits per heavy atom. The van der Waals surface area contributed by atoms with E-state index in [-0.39, 0.29) is 29.7 Å². The second-order valence-corrected chi connectivity index (χ2v) is 9.66. The average Bonchev–Trinajstić information content (AvgIpc) is 3.21. The van der Waals surface area contributed by atoms with E-state index in [2.05, 4.69) is 15.1 Å². The average molecular weight is 535 g/mol. The summed E-state index contributed by atoms with van der Waals surface area (Å²) in [6.07, 6.45) is -5.76. The van der Waals surface area contributed by atoms with E-state index < -0.39 is 34.6 Å². The molecule has 14 heteroatoms. The Morgan fingerprint density at radius 1 is 1.14 bits per heavy atom. The van der Waals surface area contributed by atoms with E-state index >= 15 is 0 Å². The van der Waals surface area contributed by atoms with Crippen molar-refractivity contribution in [3.8, 4) is 0 Å². The van der Waals surface area contributed by atoms with E-state index in [4.69, 9.17) is 4.74 Å². The van der Waals surface area contributed by atoms with E-state index in [0.717, 1.165) is 18.8 Å². The number of aromatic nitrogens is 4. The SMILES string of the molecule is CCCN(CCCOC1(C)CN(C2CCc3c2n[nH]c(=O)c3C(F)(F)F)C1)c1ncc(C(F)(F)F)cn1. The van der Waals surface area contributed by atoms with Gasteiger partial charge in [0.1, 0.15) is 5.56 Å². The maximum absolute atomic E-state index is 13.4. The topological polar surface area (TPSA) is 87.2 Å². The maximum atomic E-state index is 13.4. The fraction of sp³-hybridized carbons (Fsp3) is 0.652. The standard InChI is InChI=1S/C23H28F6N6O2/c1-3-7-34(20-30-10-14(11-31-20)22(24,25)26)8-4-9-37-21(2)12-35(13-21)16-6-5-15-17(23(27,28)29)19(36)33-32-18(15)16/h10-11,16H,3-9,12-13H2,1-2H3,(H,33,36). The Labute approximate surface area is 209 Å². The summed E-state index contributed by atoms with van der Waals surface area (Å²) in [5, 5.41) is 5.92. The number of likely N-dealkylation sites (tertiary alicyclic amines) is 1. The molecule has 2 aromatic heterocycles. The molecule has 0 saturated carbocycles. The van der Waals surface area contributed by atoms with Crippen molar-refractivity contribution in [3.05, 3.63) is 45.1 Å². The maximum Gasteiger partial charge on any atom is 0.422 e. The normalized spacial score (nSPS) is 19.5. The summed E-state index contributed by atoms with van der Waals surface area (Å²) in [4.78, 5) is 23.3. The number of fused-ring (bicyclic) bond motifs is 1. The van der Waals surface area contributed by atoms with Crippen LogP contribution in [0.1, 0.15) is 61.5 Å². The van der Waals surface area contributed by atoms with Gasteiger partial charge in [-0.25, -0.2) is 15.1 Å². The molecule has 0 bridgehead atoms. The lowest BCUT2D eigenvalue weighted by Gasteiger charge is -2.50. The Hall–Kier alpha value is -2.74. The predicted octanol–water partition coefficient (Wildman–Crippen LogP) is 3.98. The zero-order valence-electron chi connectivity index (χ0n) is 20.4. The summed E-state index contributed by atoms with van der Waals surface area (Å²) in [6, 6.07) is -0.318. The zero-order chi connectivity index (χ0) is 27.0. The number of alkyl halides is 6. The summed E-state index contributed by atoms with van der Waals surface area (Å²) in [5.74, 6) is 0.222. The molecule has 0 spiro atoms. The van der Waals surface area contributed by atoms with E-state index in [1.807, 2.05) is 23.8 Å². The number of nitrogens with one attached hydrogen (secondary N) is 1. The van der Waals surface area contributed by atoms with Gasteiger partial charge in [-0.2, -0.15) is 31.4 Å². The van der Waals surface area contributed by atoms with Crippen LogP contribution < -0.4 is 10.5 Å². The van der Waals surface area contributed by atoms with Gasteiger partial charge in [-0.1, -0.05) is 6.92 Å². The van der Waals surface area contributed by atoms with Crippen LogP contribution in [0.25, 0.3) is 0 Å². The largest absolute Gasteiger partial charge is 0.422 e. The molecular formula is C23H28F6N6O2. The van der Waals surface area contributed by atoms with Crippen LogP contribution in [0.3, 0.4) is 0 Å². The van der Waals surface area contributed by atoms with Gasteiger partial charge in [-0.05, 0) is 38.2 Å². The smallest absolute Gasteiger partial charge is 0.373 e. The van der Waals surface area contributed by atoms with Crippen molar-refractivity contribution in [1.82, 2.24) is 25.1 Å². The highest BCUT2D eigenvalue weighted by Gasteiger charge is 2.48. The van der Waals surface area contributed by atoms with Crippen LogP contribution in [-0.4, -0.2) is 63.5 Å². The lowest BCUT2D eigenvalue weighted by molar-refractivity contribution is -0.146. The number of rotatable bonds is 9. The predicted molar refractivity (Wildman–Crippen MR) is 121 cm³/mol. The molecule has 1 atom stereocenters. The van der Waals surface area contributed by atoms with Gasteiger partial charge in [0.25, 0.3) is 5.56 Å². The monoisotopic (exact) mass is 534 g/mol. The summed E-state index contributed by atoms with van der Waals surface area (Å²) >= 11 is 0. The number of hydrogen-bond donors (Lipinski definition) is 1. The van der Waals surface area contributed by atoms with E-state index in [1.54, 1.807) is 4.90 Å². The molecule has 4 rings (SSSR count). The van der Waals surface area contributed by atoms with Crippen LogP contribution >= 0.6 is 0 Å². The fourth-order valence-corrected chi connectivity index (χ4v) is 5.01. The van der Waals surface area contributed by atoms with Gasteiger partial charge in [-0.3, -0.25) is 9.69 Å². The third-order valence-corrected chi connectivity index (χ3v) is 6.66. The molecule has 2 aliphatic rings. The van der Waals surface area contributed by atoms with E-state index in [9.17, 15) is 31.1 Å². The van der Waals surface area contributed by atoms with Crippen molar-refractivity contribution in [2.45, 2.75) is 63.5 Å². The van der Waals surface area contributed by atoms with Crippen LogP contribution in [0.15, 0.2) is 17.2 Å². The number of halogens is 6. The molecule has 0 radical (unpaired) electrons. The molecule has 2 aromatic rings. The van der Waals surface area contributed by atoms with Crippen LogP contribution in [0.5, 0.6) is 0 Å². The zero-order valence-corrected chi connectivity index (χ0v) is 20.4. The number of anilines is 1. The molecule has 1 unspecified atom stereocenters. The molecule has 1 N–H and O–H groups in total. The molecule has 204 valence electrons. The Balaban J connectivity index is 1.29. The molecule has 37 heavy (non-hydrogen) atoms. The number of ether oxygens (including phenoxy) is 1. The van der Waals surface area contributed by atoms with Crippen molar-refractivity contribution in [1.29, 1.82) is 0 Å². The van der Waals surface area contributed by atoms with Crippen LogP contribution in [0, 0.1) is 0 Å². The first-order chi connectivity index (χ1) is 17.3. The third-order valence-electron chi connectivity index (χ3n) is 6.66. The van der Waals surface area contributed by atoms with Crippen LogP contribution in [-0.2, 0) is 23.5 Å². The van der Waals surface area contributed by atoms with Crippen molar-refractivity contribution < 1.29 is 31.1 Å². The minimum absolute atomic E-state index is 0.0303. The van der Waals surface area contributed by atoms with Gasteiger partial charge in [0, 0.05) is 45.2 Å². The van der Waals surface area contributed by atoms with E-state index in [1.165, 1.54) is 0 Å². The molecule has 3 heterocycles. The quantitative estimate of drug-likeness (QED) is 0.385. The molecule has 1 saturated heterocycles. The first-order valence-electron chi connectivity index (χ1n) is 12.0. The van der Waals surface area contributed by atoms with Crippen molar-refractivity contribution in [2.24, 2.45) is 0 Å². The minimum atomic E-state index is -4.74. The number of hydrogen-bond acceptors (Lipinski definition) is 7. The van der Waals surface area contributed by atoms with Gasteiger partial charge in [-0.15, -0.1) is 0 Å². The Morgan fingerprint density at radius 3 is 2.41 bits per heavy atom. The van der Waals surface area contributed by atoms with Crippen LogP contribution in [0.2, 0.25) is 0 Å². The molecule has 0 aromatic carbocycles. The molecule has 1 aliphatic heterocycles. The van der Waals surface area contributed by atoms with Gasteiger partial charge >= 0.3 is 12.4 Å². The summed E-state index contributed by atoms with van der Waals surface area (Å²) in [7, 11) is 0. The summed E-state index contributed by atoms with van der Waals surface area (Å²) < 4.78 is 84.5. The highest BCUT2D eigenvalue weighted by Crippen LogP contribution is 2.43. The van der Waals surface area contributed by atoms with Gasteiger partial charge in [0.05, 0.1) is 22.9 Å². The third kappa shape index (κ3) is 5.89. The first kappa shape index (κ1) is 27.3. The molecular weight excluding hydrogens is 506 g/mol. The van der Waals surface area contributed by atoms with Gasteiger partial charge in [0.15, 0.2) is 0 Å². The van der Waals surface area contributed by atoms with Gasteiger partial charge < -0.3 is 9.64 Å². The van der Waals surface area contributed by atoms with Crippen molar-refractivity contribution >= 4 is 5.95 Å². The van der Waals surface area contributed by atoms with Crippen molar-refractivity contribution in [2.75, 3.05) is 37.7 Å². The van der Waals surface area contributed by atoms with Crippen LogP contribution in [0.4, 0.5) is 32.3 Å². The molecule has 1 aliphatic carbocycles. The first-order valence-corrected chi connectivity index (χ1v) is 12.0. The Kier molecular flexibility index (Phi) is 7.52. The molecule has 0 amide bonds. The molecule has 1 fully saturated rings. The van der Waals surface area contributed by atoms with Gasteiger partial charge in [0.2, 0.25) is 5.95 Å². The number of aromatic amines is 1. The lowest BCUT2D eigenvalue weighted by atomic mass is 9.93. The number of H-pyrrole nitrogens is 1. The minimum Gasteiger partial charge on any atom is -0.373 e. The van der Waals surface area contributed by atoms with Crippen molar-refractivity contribution in [3.63, 3.8) is 0 Å². The fourth-order valence-electron chi connectivity index (χ4n) is 5.01. The second kappa shape index (κ2) is 10.2. The lowest BCUT2D eigenvalue weighted by Crippen LogP contribution is -2.62. The summed E-state index contributed by atoms with van der Waals surface area (Å²) in [5.41, 5.74) is -3.54. The van der Waals surface area contributed by atoms with E-state index in [0.29, 0.717) is 45.6 Å². The molecule has 8 nitrogen and oxygen atoms in total. The Bertz CT molecular complexity index is 1140.